The van der Waals surface area contributed by atoms with Crippen molar-refractivity contribution in [1.29, 1.82) is 0 Å². The molecule has 4 heteroatoms. The van der Waals surface area contributed by atoms with Crippen LogP contribution in [-0.2, 0) is 29.1 Å². The Bertz CT molecular complexity index is 2120. The molecule has 6 aromatic carbocycles. The second-order valence-corrected chi connectivity index (χ2v) is 13.3. The molecule has 1 atom stereocenters. The average Bonchev–Trinajstić information content (AvgIpc) is 3.73. The quantitative estimate of drug-likeness (QED) is 0.153. The van der Waals surface area contributed by atoms with E-state index in [0.29, 0.717) is 25.6 Å². The molecule has 1 fully saturated rings. The van der Waals surface area contributed by atoms with Gasteiger partial charge in [0.25, 0.3) is 5.91 Å². The van der Waals surface area contributed by atoms with Crippen LogP contribution in [0, 0.1) is 0 Å². The Balaban J connectivity index is 0.000000162. The maximum absolute atomic E-state index is 12.3. The van der Waals surface area contributed by atoms with Crippen molar-refractivity contribution < 1.29 is 9.59 Å². The van der Waals surface area contributed by atoms with Crippen LogP contribution in [0.2, 0.25) is 0 Å². The average molecular weight is 679 g/mol. The van der Waals surface area contributed by atoms with Gasteiger partial charge in [-0.15, -0.1) is 0 Å². The Morgan fingerprint density at radius 2 is 0.981 bits per heavy atom. The number of benzene rings is 6. The van der Waals surface area contributed by atoms with Crippen LogP contribution >= 0.6 is 0 Å². The molecule has 2 amide bonds. The number of likely N-dealkylation sites (tertiary alicyclic amines) is 1. The zero-order chi connectivity index (χ0) is 35.5. The maximum Gasteiger partial charge on any atom is 0.251 e. The molecule has 0 saturated carbocycles. The van der Waals surface area contributed by atoms with E-state index in [2.05, 4.69) is 108 Å². The molecule has 1 saturated heterocycles. The van der Waals surface area contributed by atoms with Gasteiger partial charge in [0, 0.05) is 30.8 Å². The van der Waals surface area contributed by atoms with E-state index in [0.717, 1.165) is 29.7 Å². The van der Waals surface area contributed by atoms with E-state index in [1.165, 1.54) is 33.4 Å². The summed E-state index contributed by atoms with van der Waals surface area (Å²) in [4.78, 5) is 28.4. The van der Waals surface area contributed by atoms with Gasteiger partial charge in [0.15, 0.2) is 0 Å². The standard InChI is InChI=1S/C24H23NO.C24H19NO/c2*26-24-16-15-23(25(24)18-20-7-3-1-4-8-20)17-19-11-13-22(14-12-19)21-9-5-2-6-10-21/h1-14,23H,15-18H2;1-17H,18H2. The van der Waals surface area contributed by atoms with Gasteiger partial charge in [-0.25, -0.2) is 0 Å². The monoisotopic (exact) mass is 678 g/mol. The smallest absolute Gasteiger partial charge is 0.251 e. The molecule has 2 aliphatic heterocycles. The number of allylic oxidation sites excluding steroid dienone is 1. The second kappa shape index (κ2) is 16.6. The first-order chi connectivity index (χ1) is 25.6. The minimum atomic E-state index is 0.0287. The third-order valence-corrected chi connectivity index (χ3v) is 9.67. The van der Waals surface area contributed by atoms with Crippen LogP contribution in [0.25, 0.3) is 28.3 Å². The first-order valence-electron chi connectivity index (χ1n) is 18.0. The van der Waals surface area contributed by atoms with Crippen molar-refractivity contribution in [3.8, 4) is 22.3 Å². The number of carbonyl (C=O) groups excluding carboxylic acids is 2. The largest absolute Gasteiger partial charge is 0.335 e. The molecule has 2 aliphatic rings. The Morgan fingerprint density at radius 1 is 0.500 bits per heavy atom. The molecule has 1 unspecified atom stereocenters. The highest BCUT2D eigenvalue weighted by molar-refractivity contribution is 5.94. The molecule has 8 rings (SSSR count). The van der Waals surface area contributed by atoms with Crippen LogP contribution in [0.15, 0.2) is 188 Å². The fourth-order valence-corrected chi connectivity index (χ4v) is 6.84. The van der Waals surface area contributed by atoms with Crippen LogP contribution < -0.4 is 0 Å². The Morgan fingerprint density at radius 3 is 1.54 bits per heavy atom. The van der Waals surface area contributed by atoms with E-state index in [1.54, 1.807) is 11.0 Å². The summed E-state index contributed by atoms with van der Waals surface area (Å²) >= 11 is 0. The number of amides is 2. The van der Waals surface area contributed by atoms with Crippen LogP contribution in [0.4, 0.5) is 0 Å². The van der Waals surface area contributed by atoms with Crippen molar-refractivity contribution in [3.05, 3.63) is 210 Å². The number of carbonyl (C=O) groups is 2. The third kappa shape index (κ3) is 8.72. The van der Waals surface area contributed by atoms with Gasteiger partial charge in [-0.1, -0.05) is 170 Å². The number of hydrogen-bond acceptors (Lipinski definition) is 2. The molecule has 0 radical (unpaired) electrons. The summed E-state index contributed by atoms with van der Waals surface area (Å²) in [5, 5.41) is 0. The van der Waals surface area contributed by atoms with Gasteiger partial charge in [0.1, 0.15) is 0 Å². The summed E-state index contributed by atoms with van der Waals surface area (Å²) in [7, 11) is 0. The molecule has 0 N–H and O–H groups in total. The predicted octanol–water partition coefficient (Wildman–Crippen LogP) is 10.4. The molecule has 4 nitrogen and oxygen atoms in total. The van der Waals surface area contributed by atoms with Crippen LogP contribution in [0.5, 0.6) is 0 Å². The Labute approximate surface area is 307 Å². The molecule has 0 spiro atoms. The normalized spacial score (nSPS) is 15.9. The summed E-state index contributed by atoms with van der Waals surface area (Å²) in [6.07, 6.45) is 8.11. The molecule has 0 aromatic heterocycles. The highest BCUT2D eigenvalue weighted by atomic mass is 16.2. The van der Waals surface area contributed by atoms with E-state index >= 15 is 0 Å². The lowest BCUT2D eigenvalue weighted by Gasteiger charge is -2.25. The third-order valence-electron chi connectivity index (χ3n) is 9.67. The fraction of sp³-hybridized carbons (Fsp3) is 0.125. The summed E-state index contributed by atoms with van der Waals surface area (Å²) in [5.74, 6) is 0.306. The topological polar surface area (TPSA) is 40.6 Å². The summed E-state index contributed by atoms with van der Waals surface area (Å²) in [6, 6.07) is 58.5. The highest BCUT2D eigenvalue weighted by Gasteiger charge is 2.30. The molecule has 256 valence electrons. The van der Waals surface area contributed by atoms with Gasteiger partial charge in [-0.05, 0) is 69.5 Å². The molecule has 2 heterocycles. The number of hydrogen-bond donors (Lipinski definition) is 0. The van der Waals surface area contributed by atoms with Gasteiger partial charge < -0.3 is 9.80 Å². The van der Waals surface area contributed by atoms with Gasteiger partial charge in [-0.2, -0.15) is 0 Å². The van der Waals surface area contributed by atoms with Crippen LogP contribution in [-0.4, -0.2) is 27.7 Å². The van der Waals surface area contributed by atoms with Crippen molar-refractivity contribution >= 4 is 17.9 Å². The second-order valence-electron chi connectivity index (χ2n) is 13.3. The minimum absolute atomic E-state index is 0.0287. The van der Waals surface area contributed by atoms with Crippen molar-refractivity contribution in [2.24, 2.45) is 0 Å². The van der Waals surface area contributed by atoms with Gasteiger partial charge >= 0.3 is 0 Å². The molecular formula is C48H42N2O2. The van der Waals surface area contributed by atoms with Crippen LogP contribution in [0.3, 0.4) is 0 Å². The van der Waals surface area contributed by atoms with Crippen molar-refractivity contribution in [1.82, 2.24) is 9.80 Å². The van der Waals surface area contributed by atoms with Crippen molar-refractivity contribution in [3.63, 3.8) is 0 Å². The number of nitrogens with zero attached hydrogens (tertiary/aromatic N) is 2. The molecule has 0 bridgehead atoms. The minimum Gasteiger partial charge on any atom is -0.335 e. The van der Waals surface area contributed by atoms with Crippen LogP contribution in [0.1, 0.15) is 35.1 Å². The van der Waals surface area contributed by atoms with Gasteiger partial charge in [0.05, 0.1) is 6.54 Å². The first kappa shape index (κ1) is 34.2. The summed E-state index contributed by atoms with van der Waals surface area (Å²) < 4.78 is 0. The fourth-order valence-electron chi connectivity index (χ4n) is 6.84. The summed E-state index contributed by atoms with van der Waals surface area (Å²) in [5.41, 5.74) is 10.5. The summed E-state index contributed by atoms with van der Waals surface area (Å²) in [6.45, 7) is 1.30. The van der Waals surface area contributed by atoms with E-state index in [1.807, 2.05) is 78.9 Å². The van der Waals surface area contributed by atoms with E-state index < -0.39 is 0 Å². The zero-order valence-corrected chi connectivity index (χ0v) is 29.2. The van der Waals surface area contributed by atoms with Crippen molar-refractivity contribution in [2.75, 3.05) is 0 Å². The van der Waals surface area contributed by atoms with Crippen molar-refractivity contribution in [2.45, 2.75) is 38.4 Å². The highest BCUT2D eigenvalue weighted by Crippen LogP contribution is 2.27. The molecule has 0 aliphatic carbocycles. The Kier molecular flexibility index (Phi) is 10.9. The SMILES string of the molecule is O=C1C=CC(=Cc2ccc(-c3ccccc3)cc2)N1Cc1ccccc1.O=C1CCC(Cc2ccc(-c3ccccc3)cc2)N1Cc1ccccc1. The lowest BCUT2D eigenvalue weighted by Crippen LogP contribution is -2.33. The molecular weight excluding hydrogens is 637 g/mol. The molecule has 6 aromatic rings. The Hall–Kier alpha value is -6.26. The van der Waals surface area contributed by atoms with E-state index in [9.17, 15) is 9.59 Å². The van der Waals surface area contributed by atoms with Gasteiger partial charge in [-0.3, -0.25) is 9.59 Å². The van der Waals surface area contributed by atoms with Gasteiger partial charge in [0.2, 0.25) is 5.91 Å². The predicted molar refractivity (Wildman–Crippen MR) is 212 cm³/mol. The zero-order valence-electron chi connectivity index (χ0n) is 29.2. The lowest BCUT2D eigenvalue weighted by molar-refractivity contribution is -0.129. The van der Waals surface area contributed by atoms with E-state index in [-0.39, 0.29) is 11.8 Å². The molecule has 52 heavy (non-hydrogen) atoms. The first-order valence-corrected chi connectivity index (χ1v) is 18.0. The number of rotatable bonds is 9. The maximum atomic E-state index is 12.3. The van der Waals surface area contributed by atoms with E-state index in [4.69, 9.17) is 0 Å². The lowest BCUT2D eigenvalue weighted by atomic mass is 9.99.